The Morgan fingerprint density at radius 1 is 1.16 bits per heavy atom. The van der Waals surface area contributed by atoms with Crippen LogP contribution in [0.3, 0.4) is 0 Å². The van der Waals surface area contributed by atoms with Crippen molar-refractivity contribution in [3.63, 3.8) is 0 Å². The molecule has 4 rings (SSSR count). The van der Waals surface area contributed by atoms with Crippen LogP contribution in [0.2, 0.25) is 0 Å². The number of rotatable bonds is 4. The van der Waals surface area contributed by atoms with Crippen molar-refractivity contribution in [2.45, 2.75) is 51.6 Å². The average Bonchev–Trinajstić information content (AvgIpc) is 3.04. The molecule has 2 aliphatic heterocycles. The molecule has 1 aromatic heterocycles. The fraction of sp³-hybridized carbons (Fsp3) is 0.571. The summed E-state index contributed by atoms with van der Waals surface area (Å²) in [7, 11) is 0. The lowest BCUT2D eigenvalue weighted by Gasteiger charge is -2.44. The molecule has 1 N–H and O–H groups in total. The number of aromatic nitrogens is 1. The van der Waals surface area contributed by atoms with Crippen LogP contribution in [0.4, 0.5) is 0 Å². The SMILES string of the molecule is Cc1cccc2c1ccn2CC(=O)NC[C@H]1CCCN2CCCC[C@H]12. The molecule has 2 aromatic rings. The van der Waals surface area contributed by atoms with Crippen LogP contribution in [0.1, 0.15) is 37.7 Å². The van der Waals surface area contributed by atoms with Crippen molar-refractivity contribution in [2.75, 3.05) is 19.6 Å². The molecule has 2 atom stereocenters. The normalized spacial score (nSPS) is 24.2. The maximum Gasteiger partial charge on any atom is 0.239 e. The summed E-state index contributed by atoms with van der Waals surface area (Å²) in [5.74, 6) is 0.758. The summed E-state index contributed by atoms with van der Waals surface area (Å²) >= 11 is 0. The van der Waals surface area contributed by atoms with Gasteiger partial charge in [-0.1, -0.05) is 18.6 Å². The van der Waals surface area contributed by atoms with E-state index in [1.165, 1.54) is 56.1 Å². The van der Waals surface area contributed by atoms with Gasteiger partial charge in [-0.05, 0) is 69.3 Å². The second-order valence-corrected chi connectivity index (χ2v) is 7.76. The van der Waals surface area contributed by atoms with Crippen molar-refractivity contribution in [3.05, 3.63) is 36.0 Å². The van der Waals surface area contributed by atoms with Crippen LogP contribution in [-0.4, -0.2) is 41.1 Å². The van der Waals surface area contributed by atoms with Gasteiger partial charge in [0.1, 0.15) is 6.54 Å². The van der Waals surface area contributed by atoms with Crippen LogP contribution in [0, 0.1) is 12.8 Å². The number of carbonyl (C=O) groups excluding carboxylic acids is 1. The lowest BCUT2D eigenvalue weighted by Crippen LogP contribution is -2.51. The van der Waals surface area contributed by atoms with Gasteiger partial charge in [-0.2, -0.15) is 0 Å². The number of benzene rings is 1. The summed E-state index contributed by atoms with van der Waals surface area (Å²) in [6.45, 7) is 5.87. The number of aryl methyl sites for hydroxylation is 1. The van der Waals surface area contributed by atoms with Crippen molar-refractivity contribution in [2.24, 2.45) is 5.92 Å². The van der Waals surface area contributed by atoms with Crippen molar-refractivity contribution in [3.8, 4) is 0 Å². The molecule has 0 bridgehead atoms. The van der Waals surface area contributed by atoms with Gasteiger partial charge >= 0.3 is 0 Å². The number of nitrogens with zero attached hydrogens (tertiary/aromatic N) is 2. The zero-order chi connectivity index (χ0) is 17.2. The predicted molar refractivity (Wildman–Crippen MR) is 102 cm³/mol. The molecule has 2 saturated heterocycles. The van der Waals surface area contributed by atoms with E-state index in [-0.39, 0.29) is 5.91 Å². The maximum absolute atomic E-state index is 12.5. The Morgan fingerprint density at radius 2 is 2.04 bits per heavy atom. The molecule has 2 fully saturated rings. The lowest BCUT2D eigenvalue weighted by molar-refractivity contribution is -0.122. The highest BCUT2D eigenvalue weighted by Gasteiger charge is 2.32. The van der Waals surface area contributed by atoms with E-state index in [1.807, 2.05) is 6.20 Å². The van der Waals surface area contributed by atoms with E-state index in [9.17, 15) is 4.79 Å². The van der Waals surface area contributed by atoms with E-state index in [0.717, 1.165) is 12.1 Å². The van der Waals surface area contributed by atoms with Crippen LogP contribution in [0.25, 0.3) is 10.9 Å². The number of hydrogen-bond donors (Lipinski definition) is 1. The molecule has 2 aliphatic rings. The molecule has 4 nitrogen and oxygen atoms in total. The largest absolute Gasteiger partial charge is 0.354 e. The highest BCUT2D eigenvalue weighted by molar-refractivity contribution is 5.85. The Hall–Kier alpha value is -1.81. The minimum Gasteiger partial charge on any atom is -0.354 e. The van der Waals surface area contributed by atoms with E-state index in [2.05, 4.69) is 46.0 Å². The van der Waals surface area contributed by atoms with E-state index in [1.54, 1.807) is 0 Å². The topological polar surface area (TPSA) is 37.3 Å². The van der Waals surface area contributed by atoms with Crippen molar-refractivity contribution >= 4 is 16.8 Å². The Kier molecular flexibility index (Phi) is 4.80. The third-order valence-corrected chi connectivity index (χ3v) is 6.14. The van der Waals surface area contributed by atoms with E-state index >= 15 is 0 Å². The molecule has 0 saturated carbocycles. The Balaban J connectivity index is 1.36. The highest BCUT2D eigenvalue weighted by Crippen LogP contribution is 2.30. The van der Waals surface area contributed by atoms with Crippen molar-refractivity contribution < 1.29 is 4.79 Å². The molecule has 1 amide bonds. The number of fused-ring (bicyclic) bond motifs is 2. The van der Waals surface area contributed by atoms with Crippen LogP contribution < -0.4 is 5.32 Å². The summed E-state index contributed by atoms with van der Waals surface area (Å²) in [5.41, 5.74) is 2.41. The maximum atomic E-state index is 12.5. The molecule has 0 unspecified atom stereocenters. The third-order valence-electron chi connectivity index (χ3n) is 6.14. The van der Waals surface area contributed by atoms with Gasteiger partial charge < -0.3 is 14.8 Å². The zero-order valence-corrected chi connectivity index (χ0v) is 15.2. The number of hydrogen-bond acceptors (Lipinski definition) is 2. The molecular formula is C21H29N3O. The predicted octanol–water partition coefficient (Wildman–Crippen LogP) is 3.33. The van der Waals surface area contributed by atoms with Gasteiger partial charge in [0.05, 0.1) is 0 Å². The third kappa shape index (κ3) is 3.45. The van der Waals surface area contributed by atoms with Crippen LogP contribution >= 0.6 is 0 Å². The average molecular weight is 339 g/mol. The Bertz CT molecular complexity index is 749. The Morgan fingerprint density at radius 3 is 2.96 bits per heavy atom. The second-order valence-electron chi connectivity index (χ2n) is 7.76. The molecule has 25 heavy (non-hydrogen) atoms. The first-order chi connectivity index (χ1) is 12.2. The van der Waals surface area contributed by atoms with Gasteiger partial charge in [-0.3, -0.25) is 4.79 Å². The monoisotopic (exact) mass is 339 g/mol. The summed E-state index contributed by atoms with van der Waals surface area (Å²) in [4.78, 5) is 15.2. The van der Waals surface area contributed by atoms with E-state index < -0.39 is 0 Å². The molecule has 0 spiro atoms. The quantitative estimate of drug-likeness (QED) is 0.928. The first-order valence-electron chi connectivity index (χ1n) is 9.77. The molecule has 0 aliphatic carbocycles. The van der Waals surface area contributed by atoms with Gasteiger partial charge in [0, 0.05) is 29.7 Å². The van der Waals surface area contributed by atoms with Crippen LogP contribution in [0.15, 0.2) is 30.5 Å². The lowest BCUT2D eigenvalue weighted by atomic mass is 9.83. The summed E-state index contributed by atoms with van der Waals surface area (Å²) in [6, 6.07) is 9.07. The van der Waals surface area contributed by atoms with Gasteiger partial charge in [0.2, 0.25) is 5.91 Å². The van der Waals surface area contributed by atoms with Gasteiger partial charge in [-0.15, -0.1) is 0 Å². The van der Waals surface area contributed by atoms with Crippen molar-refractivity contribution in [1.29, 1.82) is 0 Å². The van der Waals surface area contributed by atoms with E-state index in [0.29, 0.717) is 18.5 Å². The smallest absolute Gasteiger partial charge is 0.239 e. The van der Waals surface area contributed by atoms with E-state index in [4.69, 9.17) is 0 Å². The first-order valence-corrected chi connectivity index (χ1v) is 9.77. The van der Waals surface area contributed by atoms with Gasteiger partial charge in [0.15, 0.2) is 0 Å². The fourth-order valence-electron chi connectivity index (χ4n) is 4.79. The molecule has 4 heteroatoms. The summed E-state index contributed by atoms with van der Waals surface area (Å²) in [5, 5.41) is 4.45. The highest BCUT2D eigenvalue weighted by atomic mass is 16.1. The number of amides is 1. The number of piperidine rings is 2. The minimum atomic E-state index is 0.131. The molecular weight excluding hydrogens is 310 g/mol. The standard InChI is InChI=1S/C21H29N3O/c1-16-6-4-9-20-18(16)10-13-24(20)15-21(25)22-14-17-7-5-12-23-11-3-2-8-19(17)23/h4,6,9-10,13,17,19H,2-3,5,7-8,11-12,14-15H2,1H3,(H,22,25)/t17-,19-/m1/s1. The zero-order valence-electron chi connectivity index (χ0n) is 15.2. The summed E-state index contributed by atoms with van der Waals surface area (Å²) in [6.07, 6.45) is 8.56. The molecule has 3 heterocycles. The molecule has 134 valence electrons. The molecule has 1 aromatic carbocycles. The number of carbonyl (C=O) groups is 1. The summed E-state index contributed by atoms with van der Waals surface area (Å²) < 4.78 is 2.06. The van der Waals surface area contributed by atoms with Crippen LogP contribution in [0.5, 0.6) is 0 Å². The Labute approximate surface area is 150 Å². The van der Waals surface area contributed by atoms with Gasteiger partial charge in [-0.25, -0.2) is 0 Å². The molecule has 0 radical (unpaired) electrons. The van der Waals surface area contributed by atoms with Crippen LogP contribution in [-0.2, 0) is 11.3 Å². The van der Waals surface area contributed by atoms with Gasteiger partial charge in [0.25, 0.3) is 0 Å². The number of nitrogens with one attached hydrogen (secondary N) is 1. The van der Waals surface area contributed by atoms with Crippen molar-refractivity contribution in [1.82, 2.24) is 14.8 Å². The second kappa shape index (κ2) is 7.20. The fourth-order valence-corrected chi connectivity index (χ4v) is 4.79. The first kappa shape index (κ1) is 16.6. The minimum absolute atomic E-state index is 0.131.